The van der Waals surface area contributed by atoms with E-state index in [2.05, 4.69) is 5.32 Å². The fourth-order valence-electron chi connectivity index (χ4n) is 1.96. The number of hydrogen-bond donors (Lipinski definition) is 1. The first kappa shape index (κ1) is 12.4. The predicted octanol–water partition coefficient (Wildman–Crippen LogP) is 3.24. The molecule has 0 fully saturated rings. The van der Waals surface area contributed by atoms with Gasteiger partial charge < -0.3 is 18.6 Å². The van der Waals surface area contributed by atoms with Crippen LogP contribution in [-0.4, -0.2) is 19.5 Å². The molecule has 1 amide bonds. The minimum absolute atomic E-state index is 0.162. The number of carbonyl (C=O) groups excluding carboxylic acids is 1. The molecule has 2 heterocycles. The average Bonchev–Trinajstić information content (AvgIpc) is 3.08. The number of anilines is 1. The summed E-state index contributed by atoms with van der Waals surface area (Å²) in [5.74, 6) is 1.81. The lowest BCUT2D eigenvalue weighted by molar-refractivity contribution is 0.168. The van der Waals surface area contributed by atoms with Gasteiger partial charge >= 0.3 is 6.09 Å². The van der Waals surface area contributed by atoms with Crippen LogP contribution in [0.1, 0.15) is 6.92 Å². The lowest BCUT2D eigenvalue weighted by Crippen LogP contribution is -2.13. The topological polar surface area (TPSA) is 69.9 Å². The largest absolute Gasteiger partial charge is 0.464 e. The third-order valence-electron chi connectivity index (χ3n) is 2.81. The van der Waals surface area contributed by atoms with E-state index in [1.54, 1.807) is 37.5 Å². The molecule has 0 aliphatic carbocycles. The maximum Gasteiger partial charge on any atom is 0.411 e. The number of nitrogens with one attached hydrogen (secondary N) is 1. The van der Waals surface area contributed by atoms with Crippen LogP contribution in [0.2, 0.25) is 0 Å². The highest BCUT2D eigenvalue weighted by Gasteiger charge is 2.20. The Morgan fingerprint density at radius 2 is 2.15 bits per heavy atom. The smallest absolute Gasteiger partial charge is 0.411 e. The average molecular weight is 275 g/mol. The second kappa shape index (κ2) is 5.16. The molecular formula is C14H13NO5. The molecule has 1 aliphatic heterocycles. The molecule has 0 radical (unpaired) electrons. The van der Waals surface area contributed by atoms with E-state index in [4.69, 9.17) is 18.6 Å². The summed E-state index contributed by atoms with van der Waals surface area (Å²) < 4.78 is 20.9. The number of benzene rings is 1. The van der Waals surface area contributed by atoms with Crippen molar-refractivity contribution < 1.29 is 23.4 Å². The molecule has 0 bridgehead atoms. The van der Waals surface area contributed by atoms with Crippen LogP contribution in [0.4, 0.5) is 10.5 Å². The molecule has 20 heavy (non-hydrogen) atoms. The van der Waals surface area contributed by atoms with Gasteiger partial charge in [0.1, 0.15) is 5.76 Å². The second-order valence-corrected chi connectivity index (χ2v) is 4.07. The molecule has 6 heteroatoms. The molecule has 1 N–H and O–H groups in total. The molecule has 2 aromatic rings. The van der Waals surface area contributed by atoms with Crippen LogP contribution < -0.4 is 14.8 Å². The van der Waals surface area contributed by atoms with Gasteiger partial charge in [0.15, 0.2) is 11.5 Å². The fraction of sp³-hybridized carbons (Fsp3) is 0.214. The first-order chi connectivity index (χ1) is 9.78. The molecule has 3 rings (SSSR count). The molecule has 0 saturated carbocycles. The SMILES string of the molecule is CCOC(=O)Nc1cc2c(cc1-c1ccco1)OCO2. The standard InChI is InChI=1S/C14H13NO5/c1-2-17-14(16)15-10-7-13-12(19-8-20-13)6-9(10)11-4-3-5-18-11/h3-7H,2,8H2,1H3,(H,15,16). The Balaban J connectivity index is 2.00. The zero-order chi connectivity index (χ0) is 13.9. The Morgan fingerprint density at radius 1 is 1.35 bits per heavy atom. The highest BCUT2D eigenvalue weighted by atomic mass is 16.7. The summed E-state index contributed by atoms with van der Waals surface area (Å²) in [6.07, 6.45) is 1.04. The number of carbonyl (C=O) groups is 1. The summed E-state index contributed by atoms with van der Waals surface area (Å²) in [5.41, 5.74) is 1.25. The van der Waals surface area contributed by atoms with E-state index in [-0.39, 0.29) is 6.79 Å². The molecule has 1 aliphatic rings. The van der Waals surface area contributed by atoms with Crippen molar-refractivity contribution in [1.82, 2.24) is 0 Å². The van der Waals surface area contributed by atoms with Crippen molar-refractivity contribution in [3.05, 3.63) is 30.5 Å². The Hall–Kier alpha value is -2.63. The van der Waals surface area contributed by atoms with Gasteiger partial charge in [-0.15, -0.1) is 0 Å². The van der Waals surface area contributed by atoms with Crippen molar-refractivity contribution in [2.45, 2.75) is 6.92 Å². The van der Waals surface area contributed by atoms with Gasteiger partial charge in [-0.3, -0.25) is 5.32 Å². The fourth-order valence-corrected chi connectivity index (χ4v) is 1.96. The number of ether oxygens (including phenoxy) is 3. The highest BCUT2D eigenvalue weighted by molar-refractivity contribution is 5.92. The third kappa shape index (κ3) is 2.27. The maximum absolute atomic E-state index is 11.6. The Bertz CT molecular complexity index is 621. The zero-order valence-electron chi connectivity index (χ0n) is 10.8. The van der Waals surface area contributed by atoms with E-state index in [1.807, 2.05) is 0 Å². The molecule has 0 unspecified atom stereocenters. The van der Waals surface area contributed by atoms with Gasteiger partial charge in [0, 0.05) is 11.6 Å². The van der Waals surface area contributed by atoms with Gasteiger partial charge in [-0.05, 0) is 25.1 Å². The normalized spacial score (nSPS) is 12.2. The number of amides is 1. The number of fused-ring (bicyclic) bond motifs is 1. The molecule has 1 aromatic heterocycles. The molecule has 6 nitrogen and oxygen atoms in total. The van der Waals surface area contributed by atoms with Crippen molar-refractivity contribution >= 4 is 11.8 Å². The summed E-state index contributed by atoms with van der Waals surface area (Å²) in [7, 11) is 0. The van der Waals surface area contributed by atoms with Gasteiger partial charge in [-0.2, -0.15) is 0 Å². The monoisotopic (exact) mass is 275 g/mol. The summed E-state index contributed by atoms with van der Waals surface area (Å²) in [5, 5.41) is 2.67. The predicted molar refractivity (Wildman–Crippen MR) is 70.9 cm³/mol. The first-order valence-corrected chi connectivity index (χ1v) is 6.19. The molecule has 0 atom stereocenters. The minimum Gasteiger partial charge on any atom is -0.464 e. The van der Waals surface area contributed by atoms with Gasteiger partial charge in [0.25, 0.3) is 0 Å². The highest BCUT2D eigenvalue weighted by Crippen LogP contribution is 2.41. The lowest BCUT2D eigenvalue weighted by Gasteiger charge is -2.10. The van der Waals surface area contributed by atoms with Crippen LogP contribution >= 0.6 is 0 Å². The Kier molecular flexibility index (Phi) is 3.20. The molecule has 0 spiro atoms. The summed E-state index contributed by atoms with van der Waals surface area (Å²) in [6, 6.07) is 7.03. The summed E-state index contributed by atoms with van der Waals surface area (Å²) in [6.45, 7) is 2.20. The van der Waals surface area contributed by atoms with E-state index in [0.717, 1.165) is 0 Å². The van der Waals surface area contributed by atoms with Gasteiger partial charge in [0.2, 0.25) is 6.79 Å². The van der Waals surface area contributed by atoms with E-state index >= 15 is 0 Å². The second-order valence-electron chi connectivity index (χ2n) is 4.07. The Morgan fingerprint density at radius 3 is 2.85 bits per heavy atom. The summed E-state index contributed by atoms with van der Waals surface area (Å²) >= 11 is 0. The van der Waals surface area contributed by atoms with Crippen molar-refractivity contribution in [3.8, 4) is 22.8 Å². The molecule has 0 saturated heterocycles. The molecular weight excluding hydrogens is 262 g/mol. The molecule has 1 aromatic carbocycles. The number of rotatable bonds is 3. The Labute approximate surface area is 115 Å². The van der Waals surface area contributed by atoms with Gasteiger partial charge in [-0.25, -0.2) is 4.79 Å². The van der Waals surface area contributed by atoms with E-state index < -0.39 is 6.09 Å². The van der Waals surface area contributed by atoms with Crippen LogP contribution in [0.3, 0.4) is 0 Å². The van der Waals surface area contributed by atoms with Crippen LogP contribution in [0.15, 0.2) is 34.9 Å². The van der Waals surface area contributed by atoms with Crippen molar-refractivity contribution in [1.29, 1.82) is 0 Å². The van der Waals surface area contributed by atoms with Crippen LogP contribution in [-0.2, 0) is 4.74 Å². The van der Waals surface area contributed by atoms with E-state index in [1.165, 1.54) is 0 Å². The van der Waals surface area contributed by atoms with Crippen LogP contribution in [0.5, 0.6) is 11.5 Å². The van der Waals surface area contributed by atoms with E-state index in [0.29, 0.717) is 35.1 Å². The minimum atomic E-state index is -0.529. The lowest BCUT2D eigenvalue weighted by atomic mass is 10.1. The number of hydrogen-bond acceptors (Lipinski definition) is 5. The maximum atomic E-state index is 11.6. The first-order valence-electron chi connectivity index (χ1n) is 6.19. The third-order valence-corrected chi connectivity index (χ3v) is 2.81. The van der Waals surface area contributed by atoms with Crippen molar-refractivity contribution in [3.63, 3.8) is 0 Å². The van der Waals surface area contributed by atoms with Gasteiger partial charge in [0.05, 0.1) is 18.6 Å². The zero-order valence-corrected chi connectivity index (χ0v) is 10.8. The quantitative estimate of drug-likeness (QED) is 0.931. The van der Waals surface area contributed by atoms with Crippen LogP contribution in [0.25, 0.3) is 11.3 Å². The van der Waals surface area contributed by atoms with Gasteiger partial charge in [-0.1, -0.05) is 0 Å². The summed E-state index contributed by atoms with van der Waals surface area (Å²) in [4.78, 5) is 11.6. The van der Waals surface area contributed by atoms with Crippen LogP contribution in [0, 0.1) is 0 Å². The van der Waals surface area contributed by atoms with E-state index in [9.17, 15) is 4.79 Å². The van der Waals surface area contributed by atoms with Crippen molar-refractivity contribution in [2.75, 3.05) is 18.7 Å². The molecule has 104 valence electrons. The van der Waals surface area contributed by atoms with Crippen molar-refractivity contribution in [2.24, 2.45) is 0 Å². The number of furan rings is 1.